The molecule has 0 aliphatic carbocycles. The molecule has 2 aromatic rings. The smallest absolute Gasteiger partial charge is 0.243 e. The zero-order chi connectivity index (χ0) is 26.1. The van der Waals surface area contributed by atoms with Gasteiger partial charge in [0, 0.05) is 12.5 Å². The molecular formula is C28H38N4O4. The number of hydrogen-bond acceptors (Lipinski definition) is 5. The molecule has 2 aromatic carbocycles. The molecular weight excluding hydrogens is 456 g/mol. The SMILES string of the molecule is CN[C@@H](Cc1cccc2ccccc12)C(=O)N[C@@H](CC(C)C)C(=O)N[C@H](C=O)C[C@@H]1CCCNC1=O. The van der Waals surface area contributed by atoms with Crippen LogP contribution in [0, 0.1) is 11.8 Å². The molecule has 0 radical (unpaired) electrons. The lowest BCUT2D eigenvalue weighted by Gasteiger charge is -2.27. The summed E-state index contributed by atoms with van der Waals surface area (Å²) in [6.45, 7) is 4.59. The van der Waals surface area contributed by atoms with E-state index in [4.69, 9.17) is 0 Å². The van der Waals surface area contributed by atoms with E-state index in [0.29, 0.717) is 32.1 Å². The van der Waals surface area contributed by atoms with Gasteiger partial charge in [0.25, 0.3) is 0 Å². The number of carbonyl (C=O) groups is 4. The van der Waals surface area contributed by atoms with Crippen molar-refractivity contribution in [1.29, 1.82) is 0 Å². The van der Waals surface area contributed by atoms with E-state index in [1.807, 2.05) is 56.3 Å². The van der Waals surface area contributed by atoms with E-state index in [1.165, 1.54) is 0 Å². The van der Waals surface area contributed by atoms with Crippen molar-refractivity contribution in [3.8, 4) is 0 Å². The maximum atomic E-state index is 13.3. The fourth-order valence-corrected chi connectivity index (χ4v) is 4.79. The monoisotopic (exact) mass is 494 g/mol. The van der Waals surface area contributed by atoms with E-state index in [2.05, 4.69) is 21.3 Å². The van der Waals surface area contributed by atoms with Gasteiger partial charge in [0.2, 0.25) is 17.7 Å². The van der Waals surface area contributed by atoms with Crippen LogP contribution in [0.15, 0.2) is 42.5 Å². The van der Waals surface area contributed by atoms with E-state index >= 15 is 0 Å². The highest BCUT2D eigenvalue weighted by atomic mass is 16.2. The van der Waals surface area contributed by atoms with E-state index in [0.717, 1.165) is 22.8 Å². The molecule has 3 rings (SSSR count). The first kappa shape index (κ1) is 27.3. The molecule has 0 unspecified atom stereocenters. The molecule has 4 N–H and O–H groups in total. The average molecular weight is 495 g/mol. The second-order valence-electron chi connectivity index (χ2n) is 9.99. The fraction of sp³-hybridized carbons (Fsp3) is 0.500. The van der Waals surface area contributed by atoms with Crippen molar-refractivity contribution in [3.05, 3.63) is 48.0 Å². The van der Waals surface area contributed by atoms with Gasteiger partial charge in [0.05, 0.1) is 12.1 Å². The summed E-state index contributed by atoms with van der Waals surface area (Å²) in [5, 5.41) is 13.7. The first-order valence-electron chi connectivity index (χ1n) is 12.8. The van der Waals surface area contributed by atoms with E-state index < -0.39 is 24.0 Å². The molecule has 1 saturated heterocycles. The van der Waals surface area contributed by atoms with Gasteiger partial charge in [0.1, 0.15) is 12.3 Å². The van der Waals surface area contributed by atoms with Gasteiger partial charge in [-0.1, -0.05) is 56.3 Å². The lowest BCUT2D eigenvalue weighted by molar-refractivity contribution is -0.132. The van der Waals surface area contributed by atoms with Crippen LogP contribution in [-0.4, -0.2) is 55.7 Å². The lowest BCUT2D eigenvalue weighted by atomic mass is 9.91. The van der Waals surface area contributed by atoms with Crippen molar-refractivity contribution < 1.29 is 19.2 Å². The van der Waals surface area contributed by atoms with Crippen LogP contribution in [0.3, 0.4) is 0 Å². The zero-order valence-corrected chi connectivity index (χ0v) is 21.4. The first-order valence-corrected chi connectivity index (χ1v) is 12.8. The molecule has 1 fully saturated rings. The molecule has 1 aliphatic heterocycles. The summed E-state index contributed by atoms with van der Waals surface area (Å²) in [6, 6.07) is 11.9. The Morgan fingerprint density at radius 3 is 2.47 bits per heavy atom. The number of hydrogen-bond donors (Lipinski definition) is 4. The number of fused-ring (bicyclic) bond motifs is 1. The fourth-order valence-electron chi connectivity index (χ4n) is 4.79. The number of rotatable bonds is 12. The molecule has 36 heavy (non-hydrogen) atoms. The molecule has 0 spiro atoms. The van der Waals surface area contributed by atoms with Gasteiger partial charge in [-0.05, 0) is 61.4 Å². The number of likely N-dealkylation sites (N-methyl/N-ethyl adjacent to an activating group) is 1. The third kappa shape index (κ3) is 7.37. The largest absolute Gasteiger partial charge is 0.356 e. The number of aldehydes is 1. The predicted molar refractivity (Wildman–Crippen MR) is 140 cm³/mol. The second kappa shape index (κ2) is 13.2. The van der Waals surface area contributed by atoms with E-state index in [9.17, 15) is 19.2 Å². The zero-order valence-electron chi connectivity index (χ0n) is 21.4. The Bertz CT molecular complexity index is 1070. The Hall–Kier alpha value is -3.26. The Labute approximate surface area is 213 Å². The third-order valence-electron chi connectivity index (χ3n) is 6.74. The highest BCUT2D eigenvalue weighted by molar-refractivity contribution is 5.92. The van der Waals surface area contributed by atoms with Gasteiger partial charge in [-0.25, -0.2) is 0 Å². The van der Waals surface area contributed by atoms with Crippen LogP contribution in [0.25, 0.3) is 10.8 Å². The van der Waals surface area contributed by atoms with Crippen molar-refractivity contribution in [2.75, 3.05) is 13.6 Å². The summed E-state index contributed by atoms with van der Waals surface area (Å²) in [6.07, 6.45) is 3.36. The van der Waals surface area contributed by atoms with Crippen molar-refractivity contribution in [2.45, 2.75) is 64.1 Å². The van der Waals surface area contributed by atoms with Gasteiger partial charge >= 0.3 is 0 Å². The normalized spacial score (nSPS) is 18.2. The summed E-state index contributed by atoms with van der Waals surface area (Å²) >= 11 is 0. The average Bonchev–Trinajstić information content (AvgIpc) is 2.87. The third-order valence-corrected chi connectivity index (χ3v) is 6.74. The predicted octanol–water partition coefficient (Wildman–Crippen LogP) is 2.10. The minimum absolute atomic E-state index is 0.0836. The maximum Gasteiger partial charge on any atom is 0.243 e. The van der Waals surface area contributed by atoms with Crippen LogP contribution in [0.2, 0.25) is 0 Å². The Morgan fingerprint density at radius 2 is 1.78 bits per heavy atom. The van der Waals surface area contributed by atoms with Crippen molar-refractivity contribution in [3.63, 3.8) is 0 Å². The summed E-state index contributed by atoms with van der Waals surface area (Å²) in [7, 11) is 1.73. The number of piperidine rings is 1. The molecule has 8 nitrogen and oxygen atoms in total. The second-order valence-corrected chi connectivity index (χ2v) is 9.99. The summed E-state index contributed by atoms with van der Waals surface area (Å²) < 4.78 is 0. The lowest BCUT2D eigenvalue weighted by Crippen LogP contribution is -2.55. The van der Waals surface area contributed by atoms with Crippen molar-refractivity contribution in [2.24, 2.45) is 11.8 Å². The first-order chi connectivity index (χ1) is 17.3. The van der Waals surface area contributed by atoms with Crippen LogP contribution >= 0.6 is 0 Å². The molecule has 4 atom stereocenters. The molecule has 1 heterocycles. The van der Waals surface area contributed by atoms with Crippen LogP contribution in [0.5, 0.6) is 0 Å². The van der Waals surface area contributed by atoms with Crippen LogP contribution < -0.4 is 21.3 Å². The summed E-state index contributed by atoms with van der Waals surface area (Å²) in [5.41, 5.74) is 1.04. The number of benzene rings is 2. The van der Waals surface area contributed by atoms with Gasteiger partial charge in [-0.15, -0.1) is 0 Å². The van der Waals surface area contributed by atoms with E-state index in [1.54, 1.807) is 7.05 Å². The van der Waals surface area contributed by atoms with Gasteiger partial charge in [-0.3, -0.25) is 14.4 Å². The van der Waals surface area contributed by atoms with Crippen molar-refractivity contribution >= 4 is 34.8 Å². The minimum atomic E-state index is -0.788. The summed E-state index contributed by atoms with van der Waals surface area (Å²) in [5.74, 6) is -0.932. The van der Waals surface area contributed by atoms with Gasteiger partial charge in [0.15, 0.2) is 0 Å². The molecule has 0 saturated carbocycles. The molecule has 0 aromatic heterocycles. The van der Waals surface area contributed by atoms with Gasteiger partial charge < -0.3 is 26.1 Å². The Balaban J connectivity index is 1.68. The Morgan fingerprint density at radius 1 is 1.06 bits per heavy atom. The number of carbonyl (C=O) groups excluding carboxylic acids is 4. The van der Waals surface area contributed by atoms with Crippen LogP contribution in [-0.2, 0) is 25.6 Å². The quantitative estimate of drug-likeness (QED) is 0.337. The van der Waals surface area contributed by atoms with Crippen LogP contribution in [0.1, 0.15) is 45.1 Å². The standard InChI is InChI=1S/C28H38N4O4/c1-18(2)14-25(28(36)31-22(17-33)15-21-11-7-13-30-26(21)34)32-27(35)24(29-3)16-20-10-6-9-19-8-4-5-12-23(19)20/h4-6,8-10,12,17-18,21-22,24-25,29H,7,11,13-16H2,1-3H3,(H,30,34)(H,31,36)(H,32,35)/t21-,22-,24-,25-/m0/s1. The highest BCUT2D eigenvalue weighted by Gasteiger charge is 2.30. The Kier molecular flexibility index (Phi) is 9.99. The van der Waals surface area contributed by atoms with Crippen LogP contribution in [0.4, 0.5) is 0 Å². The van der Waals surface area contributed by atoms with E-state index in [-0.39, 0.29) is 30.1 Å². The minimum Gasteiger partial charge on any atom is -0.356 e. The highest BCUT2D eigenvalue weighted by Crippen LogP contribution is 2.20. The molecule has 194 valence electrons. The molecule has 8 heteroatoms. The number of nitrogens with one attached hydrogen (secondary N) is 4. The van der Waals surface area contributed by atoms with Crippen molar-refractivity contribution in [1.82, 2.24) is 21.3 Å². The summed E-state index contributed by atoms with van der Waals surface area (Å²) in [4.78, 5) is 50.2. The number of amides is 3. The molecule has 1 aliphatic rings. The van der Waals surface area contributed by atoms with Gasteiger partial charge in [-0.2, -0.15) is 0 Å². The molecule has 0 bridgehead atoms. The maximum absolute atomic E-state index is 13.3. The molecule has 3 amide bonds. The topological polar surface area (TPSA) is 116 Å².